The normalized spacial score (nSPS) is 9.76. The third kappa shape index (κ3) is 3.80. The Kier molecular flexibility index (Phi) is 4.52. The van der Waals surface area contributed by atoms with Gasteiger partial charge < -0.3 is 10.6 Å². The fourth-order valence-electron chi connectivity index (χ4n) is 1.85. The number of para-hydroxylation sites is 1. The van der Waals surface area contributed by atoms with E-state index >= 15 is 0 Å². The number of nitriles is 1. The van der Waals surface area contributed by atoms with Crippen LogP contribution >= 0.6 is 0 Å². The predicted octanol–water partition coefficient (Wildman–Crippen LogP) is 3.06. The van der Waals surface area contributed by atoms with Crippen LogP contribution in [0, 0.1) is 24.1 Å². The average Bonchev–Trinajstić information content (AvgIpc) is 2.48. The van der Waals surface area contributed by atoms with Crippen molar-refractivity contribution in [3.63, 3.8) is 0 Å². The highest BCUT2D eigenvalue weighted by molar-refractivity contribution is 5.94. The van der Waals surface area contributed by atoms with Gasteiger partial charge in [-0.15, -0.1) is 0 Å². The highest BCUT2D eigenvalue weighted by Crippen LogP contribution is 2.16. The lowest BCUT2D eigenvalue weighted by Crippen LogP contribution is -2.22. The third-order valence-electron chi connectivity index (χ3n) is 2.96. The van der Waals surface area contributed by atoms with Crippen molar-refractivity contribution < 1.29 is 9.18 Å². The Hall–Kier alpha value is -2.87. The van der Waals surface area contributed by atoms with E-state index < -0.39 is 5.82 Å². The molecule has 2 aromatic carbocycles. The van der Waals surface area contributed by atoms with Gasteiger partial charge in [0, 0.05) is 5.69 Å². The first-order chi connectivity index (χ1) is 10.1. The summed E-state index contributed by atoms with van der Waals surface area (Å²) >= 11 is 0. The molecule has 0 fully saturated rings. The summed E-state index contributed by atoms with van der Waals surface area (Å²) in [4.78, 5) is 11.9. The van der Waals surface area contributed by atoms with E-state index in [0.29, 0.717) is 5.69 Å². The van der Waals surface area contributed by atoms with Gasteiger partial charge in [-0.25, -0.2) is 4.39 Å². The van der Waals surface area contributed by atoms with Crippen LogP contribution in [0.5, 0.6) is 0 Å². The SMILES string of the molecule is Cc1ccccc1NC(=O)CNc1ccc(F)cc1C#N. The predicted molar refractivity (Wildman–Crippen MR) is 79.4 cm³/mol. The molecule has 2 rings (SSSR count). The summed E-state index contributed by atoms with van der Waals surface area (Å²) in [6.45, 7) is 1.89. The minimum atomic E-state index is -0.485. The molecule has 0 heterocycles. The van der Waals surface area contributed by atoms with Gasteiger partial charge in [0.1, 0.15) is 11.9 Å². The largest absolute Gasteiger partial charge is 0.375 e. The molecule has 5 heteroatoms. The van der Waals surface area contributed by atoms with Gasteiger partial charge in [0.15, 0.2) is 0 Å². The molecule has 21 heavy (non-hydrogen) atoms. The molecular weight excluding hydrogens is 269 g/mol. The van der Waals surface area contributed by atoms with Crippen LogP contribution in [0.4, 0.5) is 15.8 Å². The van der Waals surface area contributed by atoms with Crippen molar-refractivity contribution in [3.8, 4) is 6.07 Å². The second-order valence-corrected chi connectivity index (χ2v) is 4.52. The molecule has 0 unspecified atom stereocenters. The van der Waals surface area contributed by atoms with Crippen molar-refractivity contribution in [3.05, 3.63) is 59.4 Å². The quantitative estimate of drug-likeness (QED) is 0.906. The van der Waals surface area contributed by atoms with Crippen LogP contribution in [-0.2, 0) is 4.79 Å². The van der Waals surface area contributed by atoms with Gasteiger partial charge in [-0.3, -0.25) is 4.79 Å². The van der Waals surface area contributed by atoms with E-state index in [0.717, 1.165) is 17.3 Å². The lowest BCUT2D eigenvalue weighted by atomic mass is 10.2. The molecule has 0 radical (unpaired) electrons. The van der Waals surface area contributed by atoms with Crippen molar-refractivity contribution in [1.82, 2.24) is 0 Å². The molecule has 0 aliphatic heterocycles. The minimum absolute atomic E-state index is 0.00531. The standard InChI is InChI=1S/C16H14FN3O/c1-11-4-2-3-5-14(11)20-16(21)10-19-15-7-6-13(17)8-12(15)9-18/h2-8,19H,10H2,1H3,(H,20,21). The van der Waals surface area contributed by atoms with Crippen LogP contribution in [0.25, 0.3) is 0 Å². The molecule has 0 aliphatic carbocycles. The first-order valence-electron chi connectivity index (χ1n) is 6.39. The maximum Gasteiger partial charge on any atom is 0.243 e. The first-order valence-corrected chi connectivity index (χ1v) is 6.39. The topological polar surface area (TPSA) is 64.9 Å². The van der Waals surface area contributed by atoms with E-state index in [2.05, 4.69) is 10.6 Å². The summed E-state index contributed by atoms with van der Waals surface area (Å²) < 4.78 is 13.0. The fraction of sp³-hybridized carbons (Fsp3) is 0.125. The van der Waals surface area contributed by atoms with E-state index in [4.69, 9.17) is 5.26 Å². The van der Waals surface area contributed by atoms with Crippen LogP contribution < -0.4 is 10.6 Å². The van der Waals surface area contributed by atoms with Crippen LogP contribution in [0.2, 0.25) is 0 Å². The van der Waals surface area contributed by atoms with Gasteiger partial charge in [0.05, 0.1) is 17.8 Å². The molecule has 0 atom stereocenters. The van der Waals surface area contributed by atoms with Gasteiger partial charge in [0.2, 0.25) is 5.91 Å². The summed E-state index contributed by atoms with van der Waals surface area (Å²) in [5.74, 6) is -0.723. The highest BCUT2D eigenvalue weighted by Gasteiger charge is 2.07. The van der Waals surface area contributed by atoms with Crippen LogP contribution in [-0.4, -0.2) is 12.5 Å². The first kappa shape index (κ1) is 14.5. The maximum absolute atomic E-state index is 13.0. The zero-order chi connectivity index (χ0) is 15.2. The number of anilines is 2. The number of nitrogens with one attached hydrogen (secondary N) is 2. The number of aryl methyl sites for hydroxylation is 1. The van der Waals surface area contributed by atoms with E-state index in [9.17, 15) is 9.18 Å². The molecule has 2 aromatic rings. The highest BCUT2D eigenvalue weighted by atomic mass is 19.1. The smallest absolute Gasteiger partial charge is 0.243 e. The Morgan fingerprint density at radius 1 is 1.24 bits per heavy atom. The third-order valence-corrected chi connectivity index (χ3v) is 2.96. The molecule has 0 saturated heterocycles. The van der Waals surface area contributed by atoms with Gasteiger partial charge in [0.25, 0.3) is 0 Å². The molecular formula is C16H14FN3O. The monoisotopic (exact) mass is 283 g/mol. The van der Waals surface area contributed by atoms with Crippen LogP contribution in [0.1, 0.15) is 11.1 Å². The number of carbonyl (C=O) groups excluding carboxylic acids is 1. The second-order valence-electron chi connectivity index (χ2n) is 4.52. The van der Waals surface area contributed by atoms with Crippen molar-refractivity contribution in [2.24, 2.45) is 0 Å². The van der Waals surface area contributed by atoms with E-state index in [-0.39, 0.29) is 18.0 Å². The molecule has 2 N–H and O–H groups in total. The fourth-order valence-corrected chi connectivity index (χ4v) is 1.85. The lowest BCUT2D eigenvalue weighted by molar-refractivity contribution is -0.114. The molecule has 1 amide bonds. The zero-order valence-electron chi connectivity index (χ0n) is 11.5. The van der Waals surface area contributed by atoms with Crippen molar-refractivity contribution >= 4 is 17.3 Å². The molecule has 106 valence electrons. The Balaban J connectivity index is 1.99. The number of halogens is 1. The Labute approximate surface area is 122 Å². The van der Waals surface area contributed by atoms with Gasteiger partial charge in [-0.1, -0.05) is 18.2 Å². The van der Waals surface area contributed by atoms with Gasteiger partial charge in [-0.2, -0.15) is 5.26 Å². The summed E-state index contributed by atoms with van der Waals surface area (Å²) in [5, 5.41) is 14.5. The number of nitrogens with zero attached hydrogens (tertiary/aromatic N) is 1. The van der Waals surface area contributed by atoms with Crippen molar-refractivity contribution in [1.29, 1.82) is 5.26 Å². The molecule has 0 bridgehead atoms. The number of hydrogen-bond acceptors (Lipinski definition) is 3. The lowest BCUT2D eigenvalue weighted by Gasteiger charge is -2.10. The number of benzene rings is 2. The summed E-state index contributed by atoms with van der Waals surface area (Å²) in [6, 6.07) is 13.1. The van der Waals surface area contributed by atoms with Crippen molar-refractivity contribution in [2.75, 3.05) is 17.2 Å². The van der Waals surface area contributed by atoms with Gasteiger partial charge in [-0.05, 0) is 36.8 Å². The Morgan fingerprint density at radius 2 is 2.00 bits per heavy atom. The van der Waals surface area contributed by atoms with Crippen molar-refractivity contribution in [2.45, 2.75) is 6.92 Å². The van der Waals surface area contributed by atoms with E-state index in [1.807, 2.05) is 37.3 Å². The van der Waals surface area contributed by atoms with Gasteiger partial charge >= 0.3 is 0 Å². The Bertz CT molecular complexity index is 707. The Morgan fingerprint density at radius 3 is 2.71 bits per heavy atom. The molecule has 4 nitrogen and oxygen atoms in total. The summed E-state index contributed by atoms with van der Waals surface area (Å²) in [7, 11) is 0. The molecule has 0 saturated carbocycles. The number of carbonyl (C=O) groups is 1. The summed E-state index contributed by atoms with van der Waals surface area (Å²) in [6.07, 6.45) is 0. The molecule has 0 aliphatic rings. The number of rotatable bonds is 4. The average molecular weight is 283 g/mol. The second kappa shape index (κ2) is 6.53. The number of hydrogen-bond donors (Lipinski definition) is 2. The molecule has 0 aromatic heterocycles. The number of amides is 1. The van der Waals surface area contributed by atoms with E-state index in [1.54, 1.807) is 0 Å². The van der Waals surface area contributed by atoms with Crippen LogP contribution in [0.15, 0.2) is 42.5 Å². The maximum atomic E-state index is 13.0. The zero-order valence-corrected chi connectivity index (χ0v) is 11.5. The summed E-state index contributed by atoms with van der Waals surface area (Å²) in [5.41, 5.74) is 2.30. The van der Waals surface area contributed by atoms with Crippen LogP contribution in [0.3, 0.4) is 0 Å². The van der Waals surface area contributed by atoms with E-state index in [1.165, 1.54) is 12.1 Å². The minimum Gasteiger partial charge on any atom is -0.375 e. The molecule has 0 spiro atoms.